The van der Waals surface area contributed by atoms with E-state index < -0.39 is 0 Å². The third-order valence-electron chi connectivity index (χ3n) is 5.91. The number of likely N-dealkylation sites (tertiary alicyclic amines) is 1. The van der Waals surface area contributed by atoms with Gasteiger partial charge in [0, 0.05) is 24.7 Å². The van der Waals surface area contributed by atoms with Crippen LogP contribution >= 0.6 is 11.3 Å². The molecule has 2 aromatic carbocycles. The van der Waals surface area contributed by atoms with Crippen molar-refractivity contribution in [1.29, 1.82) is 0 Å². The Labute approximate surface area is 200 Å². The van der Waals surface area contributed by atoms with Crippen LogP contribution in [0.3, 0.4) is 0 Å². The molecule has 9 nitrogen and oxygen atoms in total. The molecule has 1 aromatic heterocycles. The van der Waals surface area contributed by atoms with Crippen LogP contribution in [0.1, 0.15) is 45.7 Å². The standard InChI is InChI=1S/C24H24N4O5S/c1-31-17-8-4-15(5-9-17)6-11-21(29)28-12-2-3-18(28)23-26-27-24(34-23)22(30)25-16-7-10-19-20(13-16)33-14-32-19/h4-5,7-10,13,18H,2-3,6,11-12,14H2,1H3,(H,25,30)/t18-/m0/s1. The molecule has 10 heteroatoms. The average molecular weight is 481 g/mol. The van der Waals surface area contributed by atoms with Crippen LogP contribution in [0.25, 0.3) is 0 Å². The molecule has 2 aliphatic heterocycles. The molecular formula is C24H24N4O5S. The van der Waals surface area contributed by atoms with Crippen molar-refractivity contribution in [2.75, 3.05) is 25.8 Å². The number of carbonyl (C=O) groups excluding carboxylic acids is 2. The van der Waals surface area contributed by atoms with Crippen molar-refractivity contribution in [1.82, 2.24) is 15.1 Å². The van der Waals surface area contributed by atoms with Crippen LogP contribution in [0.4, 0.5) is 5.69 Å². The molecule has 0 unspecified atom stereocenters. The highest BCUT2D eigenvalue weighted by Crippen LogP contribution is 2.36. The third kappa shape index (κ3) is 4.67. The normalized spacial score (nSPS) is 16.5. The summed E-state index contributed by atoms with van der Waals surface area (Å²) in [6, 6.07) is 12.8. The Morgan fingerprint density at radius 2 is 1.97 bits per heavy atom. The van der Waals surface area contributed by atoms with E-state index in [1.165, 1.54) is 11.3 Å². The summed E-state index contributed by atoms with van der Waals surface area (Å²) in [6.07, 6.45) is 2.79. The summed E-state index contributed by atoms with van der Waals surface area (Å²) < 4.78 is 15.8. The maximum atomic E-state index is 13.0. The van der Waals surface area contributed by atoms with E-state index in [-0.39, 0.29) is 29.7 Å². The molecule has 1 saturated heterocycles. The number of amides is 2. The van der Waals surface area contributed by atoms with Crippen LogP contribution in [0.2, 0.25) is 0 Å². The minimum absolute atomic E-state index is 0.0832. The number of benzene rings is 2. The first-order chi connectivity index (χ1) is 16.6. The first-order valence-electron chi connectivity index (χ1n) is 11.1. The van der Waals surface area contributed by atoms with E-state index in [1.807, 2.05) is 29.2 Å². The van der Waals surface area contributed by atoms with Gasteiger partial charge in [-0.05, 0) is 49.1 Å². The van der Waals surface area contributed by atoms with Crippen LogP contribution in [-0.4, -0.2) is 47.4 Å². The number of aromatic nitrogens is 2. The summed E-state index contributed by atoms with van der Waals surface area (Å²) in [7, 11) is 1.63. The lowest BCUT2D eigenvalue weighted by Crippen LogP contribution is -2.30. The quantitative estimate of drug-likeness (QED) is 0.548. The van der Waals surface area contributed by atoms with Gasteiger partial charge >= 0.3 is 0 Å². The summed E-state index contributed by atoms with van der Waals surface area (Å²) in [5.41, 5.74) is 1.67. The van der Waals surface area contributed by atoms with Crippen molar-refractivity contribution >= 4 is 28.8 Å². The zero-order chi connectivity index (χ0) is 23.5. The molecule has 34 heavy (non-hydrogen) atoms. The molecule has 1 N–H and O–H groups in total. The maximum absolute atomic E-state index is 13.0. The number of carbonyl (C=O) groups is 2. The second kappa shape index (κ2) is 9.68. The predicted octanol–water partition coefficient (Wildman–Crippen LogP) is 3.82. The predicted molar refractivity (Wildman–Crippen MR) is 125 cm³/mol. The Morgan fingerprint density at radius 1 is 1.15 bits per heavy atom. The van der Waals surface area contributed by atoms with Gasteiger partial charge in [0.25, 0.3) is 5.91 Å². The third-order valence-corrected chi connectivity index (χ3v) is 6.93. The number of hydrogen-bond acceptors (Lipinski definition) is 8. The van der Waals surface area contributed by atoms with E-state index >= 15 is 0 Å². The van der Waals surface area contributed by atoms with Crippen molar-refractivity contribution in [3.05, 3.63) is 58.0 Å². The summed E-state index contributed by atoms with van der Waals surface area (Å²) in [4.78, 5) is 27.5. The minimum Gasteiger partial charge on any atom is -0.497 e. The summed E-state index contributed by atoms with van der Waals surface area (Å²) in [5.74, 6) is 1.77. The number of nitrogens with zero attached hydrogens (tertiary/aromatic N) is 3. The molecule has 2 amide bonds. The minimum atomic E-state index is -0.349. The Bertz CT molecular complexity index is 1200. The molecule has 0 saturated carbocycles. The molecule has 0 aliphatic carbocycles. The second-order valence-corrected chi connectivity index (χ2v) is 9.07. The van der Waals surface area contributed by atoms with Crippen LogP contribution < -0.4 is 19.5 Å². The summed E-state index contributed by atoms with van der Waals surface area (Å²) in [6.45, 7) is 0.855. The van der Waals surface area contributed by atoms with Crippen molar-refractivity contribution in [3.63, 3.8) is 0 Å². The van der Waals surface area contributed by atoms with E-state index in [0.717, 1.165) is 24.2 Å². The molecule has 2 aliphatic rings. The highest BCUT2D eigenvalue weighted by Gasteiger charge is 2.33. The van der Waals surface area contributed by atoms with Gasteiger partial charge in [0.2, 0.25) is 17.7 Å². The molecule has 3 heterocycles. The lowest BCUT2D eigenvalue weighted by atomic mass is 10.1. The van der Waals surface area contributed by atoms with Gasteiger partial charge in [-0.2, -0.15) is 0 Å². The number of anilines is 1. The first kappa shape index (κ1) is 22.1. The van der Waals surface area contributed by atoms with Gasteiger partial charge in [-0.3, -0.25) is 9.59 Å². The first-order valence-corrected chi connectivity index (χ1v) is 11.9. The molecule has 1 fully saturated rings. The van der Waals surface area contributed by atoms with Gasteiger partial charge in [0.1, 0.15) is 10.8 Å². The Hall–Kier alpha value is -3.66. The van der Waals surface area contributed by atoms with Gasteiger partial charge in [0.15, 0.2) is 11.5 Å². The molecule has 0 bridgehead atoms. The smallest absolute Gasteiger partial charge is 0.286 e. The van der Waals surface area contributed by atoms with Crippen LogP contribution in [0.5, 0.6) is 17.2 Å². The number of hydrogen-bond donors (Lipinski definition) is 1. The molecule has 1 atom stereocenters. The molecule has 3 aromatic rings. The fourth-order valence-electron chi connectivity index (χ4n) is 4.13. The number of nitrogens with one attached hydrogen (secondary N) is 1. The van der Waals surface area contributed by atoms with Crippen LogP contribution in [0.15, 0.2) is 42.5 Å². The van der Waals surface area contributed by atoms with E-state index in [0.29, 0.717) is 41.6 Å². The number of methoxy groups -OCH3 is 1. The van der Waals surface area contributed by atoms with Crippen molar-refractivity contribution in [2.24, 2.45) is 0 Å². The highest BCUT2D eigenvalue weighted by atomic mass is 32.1. The van der Waals surface area contributed by atoms with Crippen molar-refractivity contribution in [3.8, 4) is 17.2 Å². The van der Waals surface area contributed by atoms with Crippen LogP contribution in [-0.2, 0) is 11.2 Å². The number of rotatable bonds is 7. The van der Waals surface area contributed by atoms with Gasteiger partial charge in [0.05, 0.1) is 13.2 Å². The molecule has 5 rings (SSSR count). The highest BCUT2D eigenvalue weighted by molar-refractivity contribution is 7.13. The SMILES string of the molecule is COc1ccc(CCC(=O)N2CCC[C@H]2c2nnc(C(=O)Nc3ccc4c(c3)OCO4)s2)cc1. The zero-order valence-electron chi connectivity index (χ0n) is 18.7. The summed E-state index contributed by atoms with van der Waals surface area (Å²) >= 11 is 1.22. The largest absolute Gasteiger partial charge is 0.497 e. The van der Waals surface area contributed by atoms with Crippen LogP contribution in [0, 0.1) is 0 Å². The van der Waals surface area contributed by atoms with E-state index in [4.69, 9.17) is 14.2 Å². The van der Waals surface area contributed by atoms with E-state index in [2.05, 4.69) is 15.5 Å². The molecule has 0 spiro atoms. The fourth-order valence-corrected chi connectivity index (χ4v) is 5.02. The monoisotopic (exact) mass is 480 g/mol. The average Bonchev–Trinajstić information content (AvgIpc) is 3.62. The zero-order valence-corrected chi connectivity index (χ0v) is 19.5. The Balaban J connectivity index is 1.20. The lowest BCUT2D eigenvalue weighted by Gasteiger charge is -2.22. The number of aryl methyl sites for hydroxylation is 1. The Morgan fingerprint density at radius 3 is 2.79 bits per heavy atom. The van der Waals surface area contributed by atoms with Gasteiger partial charge < -0.3 is 24.4 Å². The van der Waals surface area contributed by atoms with E-state index in [1.54, 1.807) is 25.3 Å². The molecule has 176 valence electrons. The van der Waals surface area contributed by atoms with Crippen molar-refractivity contribution < 1.29 is 23.8 Å². The summed E-state index contributed by atoms with van der Waals surface area (Å²) in [5, 5.41) is 12.1. The topological polar surface area (TPSA) is 103 Å². The van der Waals surface area contributed by atoms with Crippen molar-refractivity contribution in [2.45, 2.75) is 31.7 Å². The van der Waals surface area contributed by atoms with E-state index in [9.17, 15) is 9.59 Å². The number of ether oxygens (including phenoxy) is 3. The second-order valence-electron chi connectivity index (χ2n) is 8.06. The molecule has 0 radical (unpaired) electrons. The Kier molecular flexibility index (Phi) is 6.31. The molecular weight excluding hydrogens is 456 g/mol. The lowest BCUT2D eigenvalue weighted by molar-refractivity contribution is -0.132. The maximum Gasteiger partial charge on any atom is 0.286 e. The van der Waals surface area contributed by atoms with Gasteiger partial charge in [-0.15, -0.1) is 10.2 Å². The van der Waals surface area contributed by atoms with Gasteiger partial charge in [-0.1, -0.05) is 23.5 Å². The number of fused-ring (bicyclic) bond motifs is 1. The van der Waals surface area contributed by atoms with Gasteiger partial charge in [-0.25, -0.2) is 0 Å². The fraction of sp³-hybridized carbons (Fsp3) is 0.333.